The van der Waals surface area contributed by atoms with Gasteiger partial charge in [0, 0.05) is 17.5 Å². The van der Waals surface area contributed by atoms with E-state index in [0.717, 1.165) is 0 Å². The molecule has 0 amide bonds. The molecule has 0 bridgehead atoms. The third kappa shape index (κ3) is 2.17. The molecule has 6 heteroatoms. The van der Waals surface area contributed by atoms with E-state index in [1.54, 1.807) is 6.07 Å². The Labute approximate surface area is 66.1 Å². The Hall–Kier alpha value is -1.14. The molecule has 1 rings (SSSR count). The lowest BCUT2D eigenvalue weighted by atomic mass is 10.4. The Bertz CT molecular complexity index is 278. The molecule has 1 atom stereocenters. The molecule has 1 aromatic rings. The monoisotopic (exact) mass is 172 g/mol. The predicted octanol–water partition coefficient (Wildman–Crippen LogP) is -0.130. The Morgan fingerprint density at radius 3 is 3.00 bits per heavy atom. The number of nitrogens with two attached hydrogens (primary N) is 1. The molecule has 0 aliphatic carbocycles. The summed E-state index contributed by atoms with van der Waals surface area (Å²) in [5.41, 5.74) is 5.61. The van der Waals surface area contributed by atoms with Gasteiger partial charge in [-0.05, 0) is 12.1 Å². The number of nitrogens with one attached hydrogen (secondary N) is 1. The van der Waals surface area contributed by atoms with Crippen LogP contribution in [0.4, 0.5) is 11.5 Å². The first kappa shape index (κ1) is 7.96. The van der Waals surface area contributed by atoms with E-state index in [1.807, 2.05) is 0 Å². The minimum absolute atomic E-state index is 0.164. The van der Waals surface area contributed by atoms with E-state index in [-0.39, 0.29) is 5.82 Å². The van der Waals surface area contributed by atoms with Crippen molar-refractivity contribution in [3.63, 3.8) is 0 Å². The summed E-state index contributed by atoms with van der Waals surface area (Å²) < 4.78 is 22.4. The van der Waals surface area contributed by atoms with E-state index in [2.05, 4.69) is 9.71 Å². The van der Waals surface area contributed by atoms with Crippen LogP contribution in [0.1, 0.15) is 0 Å². The highest BCUT2D eigenvalue weighted by molar-refractivity contribution is 7.80. The fraction of sp³-hybridized carbons (Fsp3) is 0. The Kier molecular flexibility index (Phi) is 2.40. The fourth-order valence-corrected chi connectivity index (χ4v) is 0.946. The van der Waals surface area contributed by atoms with Gasteiger partial charge in [0.1, 0.15) is 5.82 Å². The second-order valence-corrected chi connectivity index (χ2v) is 2.45. The van der Waals surface area contributed by atoms with E-state index in [1.165, 1.54) is 12.3 Å². The number of anilines is 2. The zero-order chi connectivity index (χ0) is 8.27. The van der Waals surface area contributed by atoms with Gasteiger partial charge >= 0.3 is 0 Å². The molecule has 0 aromatic carbocycles. The average Bonchev–Trinajstić information content (AvgIpc) is 1.93. The van der Waals surface area contributed by atoms with Gasteiger partial charge in [0.2, 0.25) is 0 Å². The van der Waals surface area contributed by atoms with Gasteiger partial charge in [-0.15, -0.1) is 0 Å². The van der Waals surface area contributed by atoms with E-state index in [4.69, 9.17) is 5.73 Å². The largest absolute Gasteiger partial charge is 0.755 e. The van der Waals surface area contributed by atoms with Crippen molar-refractivity contribution in [2.24, 2.45) is 0 Å². The predicted molar refractivity (Wildman–Crippen MR) is 41.2 cm³/mol. The van der Waals surface area contributed by atoms with Gasteiger partial charge in [-0.3, -0.25) is 4.21 Å². The van der Waals surface area contributed by atoms with Gasteiger partial charge in [-0.2, -0.15) is 0 Å². The third-order valence-corrected chi connectivity index (χ3v) is 1.42. The molecule has 3 N–H and O–H groups in total. The van der Waals surface area contributed by atoms with E-state index in [9.17, 15) is 8.76 Å². The molecule has 1 aromatic heterocycles. The van der Waals surface area contributed by atoms with Crippen LogP contribution in [-0.2, 0) is 11.3 Å². The summed E-state index contributed by atoms with van der Waals surface area (Å²) in [5, 5.41) is 0. The fourth-order valence-electron chi connectivity index (χ4n) is 0.594. The second-order valence-electron chi connectivity index (χ2n) is 1.77. The maximum Gasteiger partial charge on any atom is 0.147 e. The number of pyridine rings is 1. The topological polar surface area (TPSA) is 91.1 Å². The lowest BCUT2D eigenvalue weighted by molar-refractivity contribution is 0.542. The quantitative estimate of drug-likeness (QED) is 0.608. The zero-order valence-corrected chi connectivity index (χ0v) is 6.30. The first-order valence-corrected chi connectivity index (χ1v) is 3.84. The highest BCUT2D eigenvalue weighted by Crippen LogP contribution is 2.13. The lowest BCUT2D eigenvalue weighted by Crippen LogP contribution is -2.05. The van der Waals surface area contributed by atoms with Crippen LogP contribution in [0, 0.1) is 0 Å². The molecule has 0 aliphatic heterocycles. The van der Waals surface area contributed by atoms with E-state index < -0.39 is 11.3 Å². The minimum Gasteiger partial charge on any atom is -0.755 e. The molecular formula is C5H6N3O2S-. The maximum absolute atomic E-state index is 10.1. The average molecular weight is 172 g/mol. The highest BCUT2D eigenvalue weighted by atomic mass is 32.2. The summed E-state index contributed by atoms with van der Waals surface area (Å²) in [6, 6.07) is 3.11. The molecule has 1 unspecified atom stereocenters. The lowest BCUT2D eigenvalue weighted by Gasteiger charge is -2.08. The standard InChI is InChI=1S/C5H7N3O2S/c6-5-4(8-11(9)10)2-1-3-7-5/h1-3,8H,(H2,6,7)(H,9,10)/p-1. The molecule has 5 nitrogen and oxygen atoms in total. The van der Waals surface area contributed by atoms with Gasteiger partial charge in [0.15, 0.2) is 0 Å². The van der Waals surface area contributed by atoms with Gasteiger partial charge in [0.05, 0.1) is 5.69 Å². The molecular weight excluding hydrogens is 166 g/mol. The Morgan fingerprint density at radius 2 is 2.45 bits per heavy atom. The molecule has 0 saturated carbocycles. The SMILES string of the molecule is Nc1ncccc1NS(=O)[O-]. The summed E-state index contributed by atoms with van der Waals surface area (Å²) in [5.74, 6) is 0.164. The van der Waals surface area contributed by atoms with E-state index >= 15 is 0 Å². The normalized spacial score (nSPS) is 12.5. The van der Waals surface area contributed by atoms with Crippen LogP contribution in [-0.4, -0.2) is 13.7 Å². The molecule has 0 saturated heterocycles. The summed E-state index contributed by atoms with van der Waals surface area (Å²) in [4.78, 5) is 3.67. The first-order chi connectivity index (χ1) is 5.20. The van der Waals surface area contributed by atoms with Gasteiger partial charge in [0.25, 0.3) is 0 Å². The van der Waals surface area contributed by atoms with Crippen molar-refractivity contribution in [2.45, 2.75) is 0 Å². The van der Waals surface area contributed by atoms with Crippen molar-refractivity contribution < 1.29 is 8.76 Å². The molecule has 0 radical (unpaired) electrons. The second kappa shape index (κ2) is 3.31. The molecule has 11 heavy (non-hydrogen) atoms. The molecule has 1 heterocycles. The van der Waals surface area contributed by atoms with Crippen LogP contribution < -0.4 is 10.5 Å². The minimum atomic E-state index is -2.35. The molecule has 0 aliphatic rings. The number of aromatic nitrogens is 1. The van der Waals surface area contributed by atoms with Crippen molar-refractivity contribution in [3.8, 4) is 0 Å². The zero-order valence-electron chi connectivity index (χ0n) is 5.48. The highest BCUT2D eigenvalue weighted by Gasteiger charge is 1.95. The summed E-state index contributed by atoms with van der Waals surface area (Å²) >= 11 is -2.35. The van der Waals surface area contributed by atoms with Crippen LogP contribution in [0.25, 0.3) is 0 Å². The van der Waals surface area contributed by atoms with Gasteiger partial charge in [-0.25, -0.2) is 4.98 Å². The number of rotatable bonds is 2. The van der Waals surface area contributed by atoms with Crippen molar-refractivity contribution in [1.82, 2.24) is 4.98 Å². The maximum atomic E-state index is 10.1. The number of hydrogen-bond donors (Lipinski definition) is 2. The third-order valence-electron chi connectivity index (χ3n) is 1.03. The Morgan fingerprint density at radius 1 is 1.73 bits per heavy atom. The summed E-state index contributed by atoms with van der Waals surface area (Å²) in [6.45, 7) is 0. The number of nitrogen functional groups attached to an aromatic ring is 1. The molecule has 60 valence electrons. The number of hydrogen-bond acceptors (Lipinski definition) is 4. The molecule has 0 fully saturated rings. The van der Waals surface area contributed by atoms with Crippen molar-refractivity contribution in [1.29, 1.82) is 0 Å². The van der Waals surface area contributed by atoms with Crippen molar-refractivity contribution in [2.75, 3.05) is 10.5 Å². The van der Waals surface area contributed by atoms with Crippen LogP contribution in [0.5, 0.6) is 0 Å². The van der Waals surface area contributed by atoms with Crippen molar-refractivity contribution >= 4 is 22.8 Å². The first-order valence-electron chi connectivity index (χ1n) is 2.76. The summed E-state index contributed by atoms with van der Waals surface area (Å²) in [7, 11) is 0. The van der Waals surface area contributed by atoms with Crippen LogP contribution in [0.2, 0.25) is 0 Å². The van der Waals surface area contributed by atoms with Gasteiger partial charge < -0.3 is 15.0 Å². The number of nitrogens with zero attached hydrogens (tertiary/aromatic N) is 1. The smallest absolute Gasteiger partial charge is 0.147 e. The van der Waals surface area contributed by atoms with E-state index in [0.29, 0.717) is 5.69 Å². The van der Waals surface area contributed by atoms with Crippen LogP contribution in [0.3, 0.4) is 0 Å². The molecule has 0 spiro atoms. The van der Waals surface area contributed by atoms with Gasteiger partial charge in [-0.1, -0.05) is 0 Å². The van der Waals surface area contributed by atoms with Crippen LogP contribution in [0.15, 0.2) is 18.3 Å². The summed E-state index contributed by atoms with van der Waals surface area (Å²) in [6.07, 6.45) is 1.48. The Balaban J connectivity index is 2.86. The van der Waals surface area contributed by atoms with Crippen LogP contribution >= 0.6 is 0 Å². The van der Waals surface area contributed by atoms with Crippen molar-refractivity contribution in [3.05, 3.63) is 18.3 Å².